The fourth-order valence-corrected chi connectivity index (χ4v) is 2.53. The second kappa shape index (κ2) is 3.92. The molecular formula is C8H9N5S2. The Labute approximate surface area is 94.7 Å². The van der Waals surface area contributed by atoms with Crippen LogP contribution in [0.25, 0.3) is 9.88 Å². The van der Waals surface area contributed by atoms with Gasteiger partial charge in [0.05, 0.1) is 6.20 Å². The van der Waals surface area contributed by atoms with E-state index in [1.807, 2.05) is 0 Å². The van der Waals surface area contributed by atoms with Crippen molar-refractivity contribution in [3.8, 4) is 9.88 Å². The van der Waals surface area contributed by atoms with Crippen LogP contribution in [-0.2, 0) is 6.54 Å². The quantitative estimate of drug-likeness (QED) is 0.871. The van der Waals surface area contributed by atoms with Gasteiger partial charge in [-0.1, -0.05) is 15.8 Å². The summed E-state index contributed by atoms with van der Waals surface area (Å²) in [4.78, 5) is 0.991. The number of nitrogens with one attached hydrogen (secondary N) is 1. The topological polar surface area (TPSA) is 63.6 Å². The van der Waals surface area contributed by atoms with E-state index in [9.17, 15) is 0 Å². The normalized spacial score (nSPS) is 15.7. The van der Waals surface area contributed by atoms with Crippen LogP contribution in [0.15, 0.2) is 6.20 Å². The standard InChI is InChI=1S/C8H9N5S2/c1-2-5(1)9-4-7-11-12-8(14-7)6-3-10-13-15-6/h3,5,9H,1-2,4H2. The zero-order chi connectivity index (χ0) is 10.1. The van der Waals surface area contributed by atoms with Crippen LogP contribution < -0.4 is 5.32 Å². The molecule has 1 aliphatic rings. The fourth-order valence-electron chi connectivity index (χ4n) is 1.21. The van der Waals surface area contributed by atoms with Crippen molar-refractivity contribution in [2.45, 2.75) is 25.4 Å². The summed E-state index contributed by atoms with van der Waals surface area (Å²) in [7, 11) is 0. The molecular weight excluding hydrogens is 230 g/mol. The molecule has 1 aliphatic carbocycles. The highest BCUT2D eigenvalue weighted by Crippen LogP contribution is 2.26. The Morgan fingerprint density at radius 3 is 3.07 bits per heavy atom. The van der Waals surface area contributed by atoms with Gasteiger partial charge in [0.15, 0.2) is 5.01 Å². The Morgan fingerprint density at radius 1 is 1.40 bits per heavy atom. The van der Waals surface area contributed by atoms with Crippen LogP contribution in [-0.4, -0.2) is 25.8 Å². The average molecular weight is 239 g/mol. The molecule has 0 radical (unpaired) electrons. The largest absolute Gasteiger partial charge is 0.308 e. The molecule has 1 fully saturated rings. The molecule has 0 spiro atoms. The molecule has 2 aromatic heterocycles. The van der Waals surface area contributed by atoms with Gasteiger partial charge in [-0.25, -0.2) is 0 Å². The van der Waals surface area contributed by atoms with Gasteiger partial charge in [0.2, 0.25) is 0 Å². The van der Waals surface area contributed by atoms with Crippen molar-refractivity contribution < 1.29 is 0 Å². The van der Waals surface area contributed by atoms with Crippen molar-refractivity contribution in [1.29, 1.82) is 0 Å². The third-order valence-corrected chi connectivity index (χ3v) is 3.92. The van der Waals surface area contributed by atoms with E-state index in [2.05, 4.69) is 25.1 Å². The number of nitrogens with zero attached hydrogens (tertiary/aromatic N) is 4. The summed E-state index contributed by atoms with van der Waals surface area (Å²) in [6.07, 6.45) is 4.32. The molecule has 2 heterocycles. The smallest absolute Gasteiger partial charge is 0.161 e. The summed E-state index contributed by atoms with van der Waals surface area (Å²) >= 11 is 2.96. The van der Waals surface area contributed by atoms with Crippen molar-refractivity contribution in [2.24, 2.45) is 0 Å². The van der Waals surface area contributed by atoms with E-state index in [0.29, 0.717) is 6.04 Å². The zero-order valence-corrected chi connectivity index (χ0v) is 9.51. The van der Waals surface area contributed by atoms with E-state index in [1.54, 1.807) is 17.5 Å². The zero-order valence-electron chi connectivity index (χ0n) is 7.88. The minimum Gasteiger partial charge on any atom is -0.308 e. The minimum absolute atomic E-state index is 0.711. The summed E-state index contributed by atoms with van der Waals surface area (Å²) in [6.45, 7) is 0.828. The Kier molecular flexibility index (Phi) is 2.43. The fraction of sp³-hybridized carbons (Fsp3) is 0.500. The highest BCUT2D eigenvalue weighted by atomic mass is 32.1. The highest BCUT2D eigenvalue weighted by molar-refractivity contribution is 7.19. The van der Waals surface area contributed by atoms with Crippen LogP contribution in [0.2, 0.25) is 0 Å². The van der Waals surface area contributed by atoms with Gasteiger partial charge < -0.3 is 5.32 Å². The lowest BCUT2D eigenvalue weighted by Gasteiger charge is -1.95. The van der Waals surface area contributed by atoms with Gasteiger partial charge in [0.25, 0.3) is 0 Å². The van der Waals surface area contributed by atoms with Crippen LogP contribution >= 0.6 is 22.9 Å². The molecule has 2 aromatic rings. The minimum atomic E-state index is 0.711. The van der Waals surface area contributed by atoms with Gasteiger partial charge in [-0.05, 0) is 24.4 Å². The summed E-state index contributed by atoms with van der Waals surface area (Å²) in [6, 6.07) is 0.711. The van der Waals surface area contributed by atoms with Gasteiger partial charge in [0.1, 0.15) is 9.88 Å². The molecule has 0 unspecified atom stereocenters. The first kappa shape index (κ1) is 9.32. The Balaban J connectivity index is 1.69. The molecule has 0 aliphatic heterocycles. The molecule has 3 rings (SSSR count). The van der Waals surface area contributed by atoms with Gasteiger partial charge in [-0.15, -0.1) is 15.3 Å². The molecule has 7 heteroatoms. The van der Waals surface area contributed by atoms with E-state index in [4.69, 9.17) is 0 Å². The Hall–Kier alpha value is -0.920. The molecule has 5 nitrogen and oxygen atoms in total. The molecule has 78 valence electrons. The second-order valence-corrected chi connectivity index (χ2v) is 5.29. The van der Waals surface area contributed by atoms with Crippen molar-refractivity contribution in [3.63, 3.8) is 0 Å². The number of rotatable bonds is 4. The molecule has 0 bridgehead atoms. The SMILES string of the molecule is c1nnsc1-c1nnc(CNC2CC2)s1. The summed E-state index contributed by atoms with van der Waals surface area (Å²) in [5.41, 5.74) is 0. The van der Waals surface area contributed by atoms with Crippen molar-refractivity contribution in [2.75, 3.05) is 0 Å². The monoisotopic (exact) mass is 239 g/mol. The third kappa shape index (κ3) is 2.19. The van der Waals surface area contributed by atoms with Crippen molar-refractivity contribution in [3.05, 3.63) is 11.2 Å². The first-order valence-electron chi connectivity index (χ1n) is 4.75. The molecule has 0 aromatic carbocycles. The number of hydrogen-bond donors (Lipinski definition) is 1. The lowest BCUT2D eigenvalue weighted by atomic mass is 10.6. The maximum atomic E-state index is 4.13. The van der Waals surface area contributed by atoms with Crippen LogP contribution in [0, 0.1) is 0 Å². The van der Waals surface area contributed by atoms with Gasteiger partial charge >= 0.3 is 0 Å². The second-order valence-electron chi connectivity index (χ2n) is 3.44. The number of aromatic nitrogens is 4. The lowest BCUT2D eigenvalue weighted by Crippen LogP contribution is -2.14. The predicted molar refractivity (Wildman–Crippen MR) is 58.7 cm³/mol. The molecule has 1 N–H and O–H groups in total. The van der Waals surface area contributed by atoms with Crippen LogP contribution in [0.5, 0.6) is 0 Å². The van der Waals surface area contributed by atoms with E-state index >= 15 is 0 Å². The van der Waals surface area contributed by atoms with Gasteiger partial charge in [-0.3, -0.25) is 0 Å². The van der Waals surface area contributed by atoms with Crippen LogP contribution in [0.1, 0.15) is 17.8 Å². The van der Waals surface area contributed by atoms with E-state index in [-0.39, 0.29) is 0 Å². The highest BCUT2D eigenvalue weighted by Gasteiger charge is 2.20. The summed E-state index contributed by atoms with van der Waals surface area (Å²) < 4.78 is 3.81. The molecule has 0 saturated heterocycles. The van der Waals surface area contributed by atoms with Crippen molar-refractivity contribution in [1.82, 2.24) is 25.1 Å². The van der Waals surface area contributed by atoms with E-state index in [1.165, 1.54) is 24.4 Å². The Bertz CT molecular complexity index is 434. The molecule has 0 atom stereocenters. The predicted octanol–water partition coefficient (Wildman–Crippen LogP) is 1.31. The Morgan fingerprint density at radius 2 is 2.33 bits per heavy atom. The molecule has 1 saturated carbocycles. The summed E-state index contributed by atoms with van der Waals surface area (Å²) in [5, 5.41) is 17.4. The van der Waals surface area contributed by atoms with Crippen LogP contribution in [0.4, 0.5) is 0 Å². The van der Waals surface area contributed by atoms with E-state index < -0.39 is 0 Å². The third-order valence-electron chi connectivity index (χ3n) is 2.16. The molecule has 0 amide bonds. The first-order chi connectivity index (χ1) is 7.42. The van der Waals surface area contributed by atoms with Crippen LogP contribution in [0.3, 0.4) is 0 Å². The van der Waals surface area contributed by atoms with Gasteiger partial charge in [-0.2, -0.15) is 0 Å². The summed E-state index contributed by atoms with van der Waals surface area (Å²) in [5.74, 6) is 0. The lowest BCUT2D eigenvalue weighted by molar-refractivity contribution is 0.679. The van der Waals surface area contributed by atoms with Crippen molar-refractivity contribution >= 4 is 22.9 Å². The number of hydrogen-bond acceptors (Lipinski definition) is 7. The average Bonchev–Trinajstić information content (AvgIpc) is 2.78. The van der Waals surface area contributed by atoms with Gasteiger partial charge in [0, 0.05) is 12.6 Å². The van der Waals surface area contributed by atoms with E-state index in [0.717, 1.165) is 21.4 Å². The maximum Gasteiger partial charge on any atom is 0.161 e. The first-order valence-corrected chi connectivity index (χ1v) is 6.34. The molecule has 15 heavy (non-hydrogen) atoms. The maximum absolute atomic E-state index is 4.13.